The average Bonchev–Trinajstić information content (AvgIpc) is 3.26. The third kappa shape index (κ3) is 3.06. The second-order valence-electron chi connectivity index (χ2n) is 6.05. The number of nitrogens with zero attached hydrogens (tertiary/aromatic N) is 1. The molecule has 2 aromatic carbocycles. The fraction of sp³-hybridized carbons (Fsp3) is 0.100. The molecule has 2 heterocycles. The molecule has 0 radical (unpaired) electrons. The van der Waals surface area contributed by atoms with Crippen molar-refractivity contribution in [1.29, 1.82) is 0 Å². The van der Waals surface area contributed by atoms with Crippen LogP contribution in [0.4, 0.5) is 5.69 Å². The molecule has 0 unspecified atom stereocenters. The lowest BCUT2D eigenvalue weighted by molar-refractivity contribution is 0.103. The number of thiophene rings is 1. The highest BCUT2D eigenvalue weighted by Crippen LogP contribution is 2.24. The molecule has 2 N–H and O–H groups in total. The van der Waals surface area contributed by atoms with Gasteiger partial charge >= 0.3 is 0 Å². The number of nitrogens with one attached hydrogen (secondary N) is 2. The molecule has 0 atom stereocenters. The van der Waals surface area contributed by atoms with E-state index in [1.807, 2.05) is 41.8 Å². The fourth-order valence-corrected chi connectivity index (χ4v) is 3.34. The Balaban J connectivity index is 1.58. The van der Waals surface area contributed by atoms with Gasteiger partial charge in [0.25, 0.3) is 5.91 Å². The summed E-state index contributed by atoms with van der Waals surface area (Å²) in [5.74, 6) is 0.744. The van der Waals surface area contributed by atoms with Crippen LogP contribution in [0.2, 0.25) is 0 Å². The topological polar surface area (TPSA) is 57.8 Å². The summed E-state index contributed by atoms with van der Waals surface area (Å²) in [6, 6.07) is 15.6. The number of imidazole rings is 1. The molecule has 0 aliphatic carbocycles. The van der Waals surface area contributed by atoms with E-state index < -0.39 is 0 Å². The predicted octanol–water partition coefficient (Wildman–Crippen LogP) is 5.16. The molecule has 25 heavy (non-hydrogen) atoms. The van der Waals surface area contributed by atoms with Crippen molar-refractivity contribution in [2.24, 2.45) is 0 Å². The zero-order valence-corrected chi connectivity index (χ0v) is 14.8. The summed E-state index contributed by atoms with van der Waals surface area (Å²) in [5, 5.41) is 4.80. The van der Waals surface area contributed by atoms with E-state index >= 15 is 0 Å². The van der Waals surface area contributed by atoms with Gasteiger partial charge in [-0.05, 0) is 72.8 Å². The molecule has 0 aliphatic rings. The number of anilines is 1. The van der Waals surface area contributed by atoms with E-state index in [-0.39, 0.29) is 5.91 Å². The van der Waals surface area contributed by atoms with Crippen molar-refractivity contribution >= 4 is 34.0 Å². The lowest BCUT2D eigenvalue weighted by Gasteiger charge is -2.04. The minimum atomic E-state index is -0.0857. The molecule has 124 valence electrons. The van der Waals surface area contributed by atoms with Gasteiger partial charge in [-0.15, -0.1) is 11.3 Å². The van der Waals surface area contributed by atoms with Crippen molar-refractivity contribution in [3.05, 3.63) is 69.9 Å². The van der Waals surface area contributed by atoms with Crippen LogP contribution in [-0.4, -0.2) is 15.9 Å². The maximum absolute atomic E-state index is 12.1. The number of benzene rings is 2. The number of aromatic nitrogens is 2. The molecule has 0 saturated heterocycles. The van der Waals surface area contributed by atoms with E-state index in [2.05, 4.69) is 41.3 Å². The highest BCUT2D eigenvalue weighted by Gasteiger charge is 2.09. The summed E-state index contributed by atoms with van der Waals surface area (Å²) in [5.41, 5.74) is 6.23. The van der Waals surface area contributed by atoms with Crippen LogP contribution >= 0.6 is 11.3 Å². The van der Waals surface area contributed by atoms with Gasteiger partial charge in [-0.2, -0.15) is 0 Å². The van der Waals surface area contributed by atoms with Gasteiger partial charge in [-0.3, -0.25) is 4.79 Å². The highest BCUT2D eigenvalue weighted by atomic mass is 32.1. The molecule has 0 fully saturated rings. The van der Waals surface area contributed by atoms with Crippen LogP contribution < -0.4 is 5.32 Å². The molecule has 5 heteroatoms. The Bertz CT molecular complexity index is 1010. The Morgan fingerprint density at radius 3 is 2.56 bits per heavy atom. The van der Waals surface area contributed by atoms with Crippen LogP contribution in [0.1, 0.15) is 20.8 Å². The van der Waals surface area contributed by atoms with Crippen molar-refractivity contribution in [2.45, 2.75) is 13.8 Å². The SMILES string of the molecule is Cc1cc2nc(-c3ccc(NC(=O)c4cccs4)cc3)[nH]c2cc1C. The number of fused-ring (bicyclic) bond motifs is 1. The van der Waals surface area contributed by atoms with Crippen molar-refractivity contribution in [3.63, 3.8) is 0 Å². The quantitative estimate of drug-likeness (QED) is 0.538. The van der Waals surface area contributed by atoms with E-state index in [1.54, 1.807) is 0 Å². The zero-order valence-electron chi connectivity index (χ0n) is 14.0. The second-order valence-corrected chi connectivity index (χ2v) is 7.00. The number of aryl methyl sites for hydroxylation is 2. The number of carbonyl (C=O) groups is 1. The van der Waals surface area contributed by atoms with Crippen LogP contribution in [0.25, 0.3) is 22.4 Å². The van der Waals surface area contributed by atoms with E-state index in [0.717, 1.165) is 28.1 Å². The predicted molar refractivity (Wildman–Crippen MR) is 103 cm³/mol. The van der Waals surface area contributed by atoms with Crippen LogP contribution in [-0.2, 0) is 0 Å². The van der Waals surface area contributed by atoms with Gasteiger partial charge in [0.05, 0.1) is 15.9 Å². The lowest BCUT2D eigenvalue weighted by Crippen LogP contribution is -2.09. The Morgan fingerprint density at radius 1 is 1.08 bits per heavy atom. The van der Waals surface area contributed by atoms with E-state index in [9.17, 15) is 4.79 Å². The lowest BCUT2D eigenvalue weighted by atomic mass is 10.1. The molecular weight excluding hydrogens is 330 g/mol. The first-order valence-corrected chi connectivity index (χ1v) is 8.90. The largest absolute Gasteiger partial charge is 0.338 e. The van der Waals surface area contributed by atoms with E-state index in [1.165, 1.54) is 22.5 Å². The van der Waals surface area contributed by atoms with Crippen LogP contribution in [0.15, 0.2) is 53.9 Å². The number of rotatable bonds is 3. The molecule has 0 bridgehead atoms. The Morgan fingerprint density at radius 2 is 1.84 bits per heavy atom. The Hall–Kier alpha value is -2.92. The standard InChI is InChI=1S/C20H17N3OS/c1-12-10-16-17(11-13(12)2)23-19(22-16)14-5-7-15(8-6-14)21-20(24)18-4-3-9-25-18/h3-11H,1-2H3,(H,21,24)(H,22,23). The first kappa shape index (κ1) is 15.6. The molecule has 4 aromatic rings. The van der Waals surface area contributed by atoms with Crippen molar-refractivity contribution in [3.8, 4) is 11.4 Å². The van der Waals surface area contributed by atoms with Crippen LogP contribution in [0.5, 0.6) is 0 Å². The minimum Gasteiger partial charge on any atom is -0.338 e. The third-order valence-corrected chi connectivity index (χ3v) is 5.13. The van der Waals surface area contributed by atoms with Crippen LogP contribution in [0, 0.1) is 13.8 Å². The summed E-state index contributed by atoms with van der Waals surface area (Å²) in [7, 11) is 0. The Labute approximate surface area is 149 Å². The highest BCUT2D eigenvalue weighted by molar-refractivity contribution is 7.12. The Kier molecular flexibility index (Phi) is 3.86. The summed E-state index contributed by atoms with van der Waals surface area (Å²) in [6.45, 7) is 4.19. The maximum atomic E-state index is 12.1. The van der Waals surface area contributed by atoms with Crippen molar-refractivity contribution in [1.82, 2.24) is 9.97 Å². The van der Waals surface area contributed by atoms with Gasteiger partial charge in [0.15, 0.2) is 0 Å². The van der Waals surface area contributed by atoms with Gasteiger partial charge in [-0.25, -0.2) is 4.98 Å². The summed E-state index contributed by atoms with van der Waals surface area (Å²) >= 11 is 1.43. The molecule has 1 amide bonds. The third-order valence-electron chi connectivity index (χ3n) is 4.26. The van der Waals surface area contributed by atoms with Gasteiger partial charge < -0.3 is 10.3 Å². The first-order chi connectivity index (χ1) is 12.1. The summed E-state index contributed by atoms with van der Waals surface area (Å²) in [6.07, 6.45) is 0. The number of carbonyl (C=O) groups excluding carboxylic acids is 1. The number of hydrogen-bond acceptors (Lipinski definition) is 3. The molecular formula is C20H17N3OS. The monoisotopic (exact) mass is 347 g/mol. The fourth-order valence-electron chi connectivity index (χ4n) is 2.72. The minimum absolute atomic E-state index is 0.0857. The molecule has 0 saturated carbocycles. The zero-order chi connectivity index (χ0) is 17.4. The number of aromatic amines is 1. The van der Waals surface area contributed by atoms with Gasteiger partial charge in [0, 0.05) is 11.3 Å². The summed E-state index contributed by atoms with van der Waals surface area (Å²) < 4.78 is 0. The number of H-pyrrole nitrogens is 1. The number of hydrogen-bond donors (Lipinski definition) is 2. The summed E-state index contributed by atoms with van der Waals surface area (Å²) in [4.78, 5) is 20.8. The average molecular weight is 347 g/mol. The van der Waals surface area contributed by atoms with Gasteiger partial charge in [-0.1, -0.05) is 6.07 Å². The van der Waals surface area contributed by atoms with Gasteiger partial charge in [0.1, 0.15) is 5.82 Å². The molecule has 4 nitrogen and oxygen atoms in total. The maximum Gasteiger partial charge on any atom is 0.265 e. The smallest absolute Gasteiger partial charge is 0.265 e. The first-order valence-electron chi connectivity index (χ1n) is 8.02. The number of amides is 1. The second kappa shape index (κ2) is 6.18. The molecule has 2 aromatic heterocycles. The molecule has 0 aliphatic heterocycles. The van der Waals surface area contributed by atoms with Crippen LogP contribution in [0.3, 0.4) is 0 Å². The molecule has 4 rings (SSSR count). The van der Waals surface area contributed by atoms with Gasteiger partial charge in [0.2, 0.25) is 0 Å². The van der Waals surface area contributed by atoms with Crippen molar-refractivity contribution in [2.75, 3.05) is 5.32 Å². The van der Waals surface area contributed by atoms with E-state index in [0.29, 0.717) is 4.88 Å². The van der Waals surface area contributed by atoms with E-state index in [4.69, 9.17) is 0 Å². The normalized spacial score (nSPS) is 11.0. The van der Waals surface area contributed by atoms with Crippen molar-refractivity contribution < 1.29 is 4.79 Å². The molecule has 0 spiro atoms.